The van der Waals surface area contributed by atoms with Crippen LogP contribution in [0, 0.1) is 18.6 Å². The maximum Gasteiger partial charge on any atom is 0.168 e. The number of nitrogens with zero attached hydrogens (tertiary/aromatic N) is 6. The fourth-order valence-corrected chi connectivity index (χ4v) is 5.32. The van der Waals surface area contributed by atoms with Crippen molar-refractivity contribution in [3.05, 3.63) is 47.4 Å². The zero-order chi connectivity index (χ0) is 26.3. The molecular weight excluding hydrogens is 490 g/mol. The molecule has 37 heavy (non-hydrogen) atoms. The standard InChI is InChI=1S/C24H30F2N6O5/c1-12-6-7-14(21(26)20(12)25)15-10-32(30-28-15)22-23(35)19(11-33)37-18(24(22)36-2)8-13-9-31(29-27-13)16-4-3-5-17(16)34/h6-7,9-10,16-19,22-24,33-35H,3-5,8,11H2,1-2H3/t16-,17-,18-,19-,22+,23+,24+/m1/s1. The topological polar surface area (TPSA) is 141 Å². The predicted octanol–water partition coefficient (Wildman–Crippen LogP) is 1.13. The number of aromatic nitrogens is 6. The second kappa shape index (κ2) is 10.5. The minimum absolute atomic E-state index is 0.0640. The highest BCUT2D eigenvalue weighted by Crippen LogP contribution is 2.35. The van der Waals surface area contributed by atoms with E-state index < -0.39 is 54.8 Å². The van der Waals surface area contributed by atoms with E-state index in [0.717, 1.165) is 12.8 Å². The molecule has 11 nitrogen and oxygen atoms in total. The molecule has 200 valence electrons. The van der Waals surface area contributed by atoms with Gasteiger partial charge in [-0.1, -0.05) is 16.5 Å². The molecule has 3 N–H and O–H groups in total. The summed E-state index contributed by atoms with van der Waals surface area (Å²) < 4.78 is 43.4. The lowest BCUT2D eigenvalue weighted by atomic mass is 9.90. The third-order valence-electron chi connectivity index (χ3n) is 7.35. The zero-order valence-electron chi connectivity index (χ0n) is 20.5. The van der Waals surface area contributed by atoms with Gasteiger partial charge in [0.25, 0.3) is 0 Å². The first-order valence-electron chi connectivity index (χ1n) is 12.2. The molecule has 1 aliphatic heterocycles. The number of hydrogen-bond donors (Lipinski definition) is 3. The summed E-state index contributed by atoms with van der Waals surface area (Å²) in [6, 6.07) is 1.88. The SMILES string of the molecule is CO[C@@H]1[C@@H](n2cc(-c3ccc(C)c(F)c3F)nn2)[C@@H](O)[C@@H](CO)O[C@@H]1Cc1cn([C@@H]2CCC[C@H]2O)nn1. The van der Waals surface area contributed by atoms with E-state index in [9.17, 15) is 24.1 Å². The van der Waals surface area contributed by atoms with Crippen LogP contribution in [-0.4, -0.2) is 89.5 Å². The molecule has 0 amide bonds. The van der Waals surface area contributed by atoms with E-state index in [0.29, 0.717) is 12.1 Å². The van der Waals surface area contributed by atoms with Crippen molar-refractivity contribution in [1.29, 1.82) is 0 Å². The summed E-state index contributed by atoms with van der Waals surface area (Å²) in [6.07, 6.45) is 1.77. The number of aliphatic hydroxyl groups is 3. The molecule has 0 spiro atoms. The van der Waals surface area contributed by atoms with E-state index >= 15 is 0 Å². The molecule has 13 heteroatoms. The summed E-state index contributed by atoms with van der Waals surface area (Å²) >= 11 is 0. The minimum atomic E-state index is -1.23. The van der Waals surface area contributed by atoms with Crippen molar-refractivity contribution in [3.8, 4) is 11.3 Å². The zero-order valence-corrected chi connectivity index (χ0v) is 20.5. The summed E-state index contributed by atoms with van der Waals surface area (Å²) in [6.45, 7) is 0.995. The second-order valence-corrected chi connectivity index (χ2v) is 9.68. The smallest absolute Gasteiger partial charge is 0.168 e. The summed E-state index contributed by atoms with van der Waals surface area (Å²) in [5.74, 6) is -2.00. The number of methoxy groups -OCH3 is 1. The van der Waals surface area contributed by atoms with Gasteiger partial charge in [-0.25, -0.2) is 18.1 Å². The molecule has 7 atom stereocenters. The van der Waals surface area contributed by atoms with Crippen molar-refractivity contribution >= 4 is 0 Å². The van der Waals surface area contributed by atoms with E-state index in [1.807, 2.05) is 0 Å². The van der Waals surface area contributed by atoms with Crippen molar-refractivity contribution in [1.82, 2.24) is 30.0 Å². The lowest BCUT2D eigenvalue weighted by Gasteiger charge is -2.43. The van der Waals surface area contributed by atoms with Crippen molar-refractivity contribution in [3.63, 3.8) is 0 Å². The van der Waals surface area contributed by atoms with Crippen LogP contribution in [0.1, 0.15) is 42.6 Å². The Bertz CT molecular complexity index is 1240. The number of halogens is 2. The Morgan fingerprint density at radius 3 is 2.54 bits per heavy atom. The van der Waals surface area contributed by atoms with Gasteiger partial charge in [0.1, 0.15) is 30.0 Å². The maximum absolute atomic E-state index is 14.6. The van der Waals surface area contributed by atoms with E-state index in [4.69, 9.17) is 9.47 Å². The fourth-order valence-electron chi connectivity index (χ4n) is 5.32. The van der Waals surface area contributed by atoms with Crippen LogP contribution in [0.3, 0.4) is 0 Å². The van der Waals surface area contributed by atoms with Gasteiger partial charge in [-0.3, -0.25) is 0 Å². The third-order valence-corrected chi connectivity index (χ3v) is 7.35. The first-order chi connectivity index (χ1) is 17.8. The van der Waals surface area contributed by atoms with Crippen LogP contribution in [0.5, 0.6) is 0 Å². The van der Waals surface area contributed by atoms with Gasteiger partial charge in [0.05, 0.1) is 36.7 Å². The Morgan fingerprint density at radius 1 is 1.05 bits per heavy atom. The van der Waals surface area contributed by atoms with Crippen LogP contribution in [0.2, 0.25) is 0 Å². The lowest BCUT2D eigenvalue weighted by Crippen LogP contribution is -2.57. The monoisotopic (exact) mass is 520 g/mol. The van der Waals surface area contributed by atoms with Crippen molar-refractivity contribution in [2.45, 2.75) is 75.2 Å². The molecule has 1 aromatic carbocycles. The van der Waals surface area contributed by atoms with Gasteiger partial charge in [0, 0.05) is 25.3 Å². The van der Waals surface area contributed by atoms with Crippen LogP contribution in [0.15, 0.2) is 24.5 Å². The van der Waals surface area contributed by atoms with Gasteiger partial charge in [0.15, 0.2) is 11.6 Å². The largest absolute Gasteiger partial charge is 0.394 e. The van der Waals surface area contributed by atoms with Crippen LogP contribution in [0.25, 0.3) is 11.3 Å². The third kappa shape index (κ3) is 4.77. The Hall–Kier alpha value is -2.84. The van der Waals surface area contributed by atoms with Crippen LogP contribution >= 0.6 is 0 Å². The van der Waals surface area contributed by atoms with Gasteiger partial charge in [-0.05, 0) is 37.8 Å². The van der Waals surface area contributed by atoms with E-state index in [1.54, 1.807) is 10.9 Å². The van der Waals surface area contributed by atoms with Crippen molar-refractivity contribution in [2.24, 2.45) is 0 Å². The molecule has 0 radical (unpaired) electrons. The molecule has 3 heterocycles. The fraction of sp³-hybridized carbons (Fsp3) is 0.583. The summed E-state index contributed by atoms with van der Waals surface area (Å²) in [5, 5.41) is 47.6. The molecular formula is C24H30F2N6O5. The van der Waals surface area contributed by atoms with Crippen LogP contribution < -0.4 is 0 Å². The predicted molar refractivity (Wildman–Crippen MR) is 124 cm³/mol. The number of aliphatic hydroxyl groups excluding tert-OH is 3. The summed E-state index contributed by atoms with van der Waals surface area (Å²) in [7, 11) is 1.46. The Labute approximate surface area is 211 Å². The summed E-state index contributed by atoms with van der Waals surface area (Å²) in [5.41, 5.74) is 0.779. The Balaban J connectivity index is 1.42. The van der Waals surface area contributed by atoms with Gasteiger partial charge in [0.2, 0.25) is 0 Å². The number of benzene rings is 1. The van der Waals surface area contributed by atoms with Crippen molar-refractivity contribution in [2.75, 3.05) is 13.7 Å². The Kier molecular flexibility index (Phi) is 7.32. The number of hydrogen-bond acceptors (Lipinski definition) is 9. The molecule has 3 aromatic rings. The Morgan fingerprint density at radius 2 is 1.84 bits per heavy atom. The highest BCUT2D eigenvalue weighted by molar-refractivity contribution is 5.59. The highest BCUT2D eigenvalue weighted by Gasteiger charge is 2.47. The van der Waals surface area contributed by atoms with Crippen LogP contribution in [-0.2, 0) is 15.9 Å². The molecule has 2 aliphatic rings. The normalized spacial score (nSPS) is 30.2. The summed E-state index contributed by atoms with van der Waals surface area (Å²) in [4.78, 5) is 0. The van der Waals surface area contributed by atoms with Crippen molar-refractivity contribution < 1.29 is 33.6 Å². The minimum Gasteiger partial charge on any atom is -0.394 e. The molecule has 5 rings (SSSR count). The first kappa shape index (κ1) is 25.8. The molecule has 1 aliphatic carbocycles. The van der Waals surface area contributed by atoms with E-state index in [1.165, 1.54) is 37.0 Å². The highest BCUT2D eigenvalue weighted by atomic mass is 19.2. The van der Waals surface area contributed by atoms with E-state index in [-0.39, 0.29) is 29.3 Å². The molecule has 0 bridgehead atoms. The number of aryl methyl sites for hydroxylation is 1. The molecule has 1 saturated heterocycles. The maximum atomic E-state index is 14.6. The molecule has 2 aromatic heterocycles. The van der Waals surface area contributed by atoms with Gasteiger partial charge in [-0.2, -0.15) is 0 Å². The van der Waals surface area contributed by atoms with Gasteiger partial charge >= 0.3 is 0 Å². The van der Waals surface area contributed by atoms with Crippen LogP contribution in [0.4, 0.5) is 8.78 Å². The average Bonchev–Trinajstić information content (AvgIpc) is 3.64. The average molecular weight is 521 g/mol. The van der Waals surface area contributed by atoms with E-state index in [2.05, 4.69) is 20.6 Å². The number of rotatable bonds is 7. The second-order valence-electron chi connectivity index (χ2n) is 9.68. The molecule has 0 unspecified atom stereocenters. The number of ether oxygens (including phenoxy) is 2. The first-order valence-corrected chi connectivity index (χ1v) is 12.2. The quantitative estimate of drug-likeness (QED) is 0.418. The lowest BCUT2D eigenvalue weighted by molar-refractivity contribution is -0.212. The van der Waals surface area contributed by atoms with Gasteiger partial charge in [-0.15, -0.1) is 10.2 Å². The molecule has 1 saturated carbocycles. The molecule has 2 fully saturated rings. The van der Waals surface area contributed by atoms with Gasteiger partial charge < -0.3 is 24.8 Å².